The highest BCUT2D eigenvalue weighted by Crippen LogP contribution is 2.19. The van der Waals surface area contributed by atoms with Crippen LogP contribution in [0.15, 0.2) is 72.0 Å². The number of nitrogens with two attached hydrogens (primary N) is 2. The lowest BCUT2D eigenvalue weighted by Gasteiger charge is -2.15. The fourth-order valence-electron chi connectivity index (χ4n) is 2.89. The summed E-state index contributed by atoms with van der Waals surface area (Å²) < 4.78 is 0. The van der Waals surface area contributed by atoms with Crippen LogP contribution in [0.3, 0.4) is 0 Å². The van der Waals surface area contributed by atoms with Crippen molar-refractivity contribution in [3.05, 3.63) is 83.8 Å². The van der Waals surface area contributed by atoms with E-state index in [9.17, 15) is 4.79 Å². The Balaban J connectivity index is 1.66. The monoisotopic (exact) mass is 403 g/mol. The van der Waals surface area contributed by atoms with Crippen LogP contribution in [0.4, 0.5) is 16.3 Å². The van der Waals surface area contributed by atoms with Crippen LogP contribution >= 0.6 is 0 Å². The van der Waals surface area contributed by atoms with Crippen molar-refractivity contribution in [2.45, 2.75) is 25.9 Å². The SMILES string of the molecule is C[C@@H](N=C(N)c1cnc(NC(=O)N[C@H](C)c2ccccc2)cc1N)c1ccccn1. The Morgan fingerprint density at radius 2 is 1.80 bits per heavy atom. The van der Waals surface area contributed by atoms with E-state index in [1.807, 2.05) is 62.4 Å². The molecule has 8 nitrogen and oxygen atoms in total. The second-order valence-corrected chi connectivity index (χ2v) is 6.83. The van der Waals surface area contributed by atoms with Crippen LogP contribution in [0, 0.1) is 0 Å². The van der Waals surface area contributed by atoms with Crippen molar-refractivity contribution in [3.8, 4) is 0 Å². The zero-order chi connectivity index (χ0) is 21.5. The smallest absolute Gasteiger partial charge is 0.320 e. The molecule has 0 aliphatic carbocycles. The van der Waals surface area contributed by atoms with E-state index < -0.39 is 0 Å². The summed E-state index contributed by atoms with van der Waals surface area (Å²) in [6.07, 6.45) is 3.20. The van der Waals surface area contributed by atoms with Crippen molar-refractivity contribution in [1.29, 1.82) is 0 Å². The second-order valence-electron chi connectivity index (χ2n) is 6.83. The number of aromatic nitrogens is 2. The van der Waals surface area contributed by atoms with Crippen LogP contribution < -0.4 is 22.1 Å². The Labute approximate surface area is 175 Å². The van der Waals surface area contributed by atoms with Crippen LogP contribution in [0.1, 0.15) is 42.8 Å². The van der Waals surface area contributed by atoms with E-state index in [0.29, 0.717) is 17.1 Å². The van der Waals surface area contributed by atoms with Crippen LogP contribution in [0.25, 0.3) is 0 Å². The summed E-state index contributed by atoms with van der Waals surface area (Å²) in [7, 11) is 0. The first kappa shape index (κ1) is 20.8. The van der Waals surface area contributed by atoms with Crippen molar-refractivity contribution in [2.24, 2.45) is 10.7 Å². The maximum atomic E-state index is 12.3. The van der Waals surface area contributed by atoms with Crippen molar-refractivity contribution >= 4 is 23.4 Å². The maximum Gasteiger partial charge on any atom is 0.320 e. The van der Waals surface area contributed by atoms with Gasteiger partial charge in [-0.1, -0.05) is 36.4 Å². The third kappa shape index (κ3) is 5.32. The van der Waals surface area contributed by atoms with Gasteiger partial charge in [0.05, 0.1) is 23.3 Å². The molecule has 8 heteroatoms. The number of nitrogens with zero attached hydrogens (tertiary/aromatic N) is 3. The number of nitrogen functional groups attached to an aromatic ring is 1. The Hall–Kier alpha value is -3.94. The Bertz CT molecular complexity index is 1020. The largest absolute Gasteiger partial charge is 0.398 e. The molecule has 0 aliphatic heterocycles. The van der Waals surface area contributed by atoms with Crippen molar-refractivity contribution < 1.29 is 4.79 Å². The van der Waals surface area contributed by atoms with Gasteiger partial charge in [-0.2, -0.15) is 0 Å². The van der Waals surface area contributed by atoms with Gasteiger partial charge >= 0.3 is 6.03 Å². The number of carbonyl (C=O) groups is 1. The summed E-state index contributed by atoms with van der Waals surface area (Å²) in [5.74, 6) is 0.575. The average molecular weight is 403 g/mol. The summed E-state index contributed by atoms with van der Waals surface area (Å²) in [5, 5.41) is 5.54. The van der Waals surface area contributed by atoms with Gasteiger partial charge in [0.15, 0.2) is 0 Å². The van der Waals surface area contributed by atoms with Gasteiger partial charge in [-0.15, -0.1) is 0 Å². The molecule has 3 aromatic rings. The normalized spacial score (nSPS) is 13.3. The number of aliphatic imine (C=N–C) groups is 1. The van der Waals surface area contributed by atoms with Gasteiger partial charge in [0.25, 0.3) is 0 Å². The topological polar surface area (TPSA) is 131 Å². The van der Waals surface area contributed by atoms with Crippen molar-refractivity contribution in [2.75, 3.05) is 11.1 Å². The Morgan fingerprint density at radius 3 is 2.47 bits per heavy atom. The van der Waals surface area contributed by atoms with Gasteiger partial charge < -0.3 is 16.8 Å². The minimum absolute atomic E-state index is 0.154. The number of amidine groups is 1. The quantitative estimate of drug-likeness (QED) is 0.370. The van der Waals surface area contributed by atoms with Gasteiger partial charge in [-0.05, 0) is 31.5 Å². The number of urea groups is 1. The fourth-order valence-corrected chi connectivity index (χ4v) is 2.89. The van der Waals surface area contributed by atoms with Crippen LogP contribution in [-0.4, -0.2) is 21.8 Å². The molecule has 0 spiro atoms. The van der Waals surface area contributed by atoms with Crippen molar-refractivity contribution in [3.63, 3.8) is 0 Å². The van der Waals surface area contributed by atoms with Crippen LogP contribution in [-0.2, 0) is 0 Å². The highest BCUT2D eigenvalue weighted by Gasteiger charge is 2.13. The van der Waals surface area contributed by atoms with Crippen LogP contribution in [0.2, 0.25) is 0 Å². The number of anilines is 2. The van der Waals surface area contributed by atoms with Gasteiger partial charge in [0, 0.05) is 24.1 Å². The molecular weight excluding hydrogens is 378 g/mol. The molecule has 2 atom stereocenters. The first-order valence-corrected chi connectivity index (χ1v) is 9.56. The molecule has 2 aromatic heterocycles. The third-order valence-corrected chi connectivity index (χ3v) is 4.55. The Kier molecular flexibility index (Phi) is 6.59. The zero-order valence-corrected chi connectivity index (χ0v) is 16.9. The molecule has 2 heterocycles. The van der Waals surface area contributed by atoms with E-state index in [1.165, 1.54) is 6.20 Å². The molecular formula is C22H25N7O. The van der Waals surface area contributed by atoms with Gasteiger partial charge in [-0.25, -0.2) is 9.78 Å². The number of hydrogen-bond acceptors (Lipinski definition) is 5. The number of rotatable bonds is 6. The first-order valence-electron chi connectivity index (χ1n) is 9.56. The lowest BCUT2D eigenvalue weighted by atomic mass is 10.1. The molecule has 0 saturated carbocycles. The number of hydrogen-bond donors (Lipinski definition) is 4. The van der Waals surface area contributed by atoms with E-state index in [4.69, 9.17) is 11.5 Å². The fraction of sp³-hybridized carbons (Fsp3) is 0.182. The van der Waals surface area contributed by atoms with Gasteiger partial charge in [0.1, 0.15) is 11.7 Å². The summed E-state index contributed by atoms with van der Waals surface area (Å²) in [4.78, 5) is 25.2. The molecule has 30 heavy (non-hydrogen) atoms. The molecule has 154 valence electrons. The summed E-state index contributed by atoms with van der Waals surface area (Å²) in [6.45, 7) is 3.80. The predicted molar refractivity (Wildman–Crippen MR) is 119 cm³/mol. The van der Waals surface area contributed by atoms with Gasteiger partial charge in [0.2, 0.25) is 0 Å². The number of carbonyl (C=O) groups excluding carboxylic acids is 1. The van der Waals surface area contributed by atoms with Crippen molar-refractivity contribution in [1.82, 2.24) is 15.3 Å². The van der Waals surface area contributed by atoms with E-state index >= 15 is 0 Å². The molecule has 1 aromatic carbocycles. The molecule has 0 saturated heterocycles. The standard InChI is InChI=1S/C22H25N7O/c1-14(16-8-4-3-5-9-16)28-22(30)29-20-12-18(23)17(13-26-20)21(24)27-15(2)19-10-6-7-11-25-19/h3-15H,1-2H3,(H2,24,27)(H4,23,26,28,29,30)/t14-,15-/m1/s1. The second kappa shape index (κ2) is 9.51. The molecule has 2 amide bonds. The maximum absolute atomic E-state index is 12.3. The minimum atomic E-state index is -0.378. The molecule has 0 unspecified atom stereocenters. The van der Waals surface area contributed by atoms with Crippen LogP contribution in [0.5, 0.6) is 0 Å². The Morgan fingerprint density at radius 1 is 1.07 bits per heavy atom. The highest BCUT2D eigenvalue weighted by molar-refractivity contribution is 6.02. The third-order valence-electron chi connectivity index (χ3n) is 4.55. The van der Waals surface area contributed by atoms with Gasteiger partial charge in [-0.3, -0.25) is 15.3 Å². The lowest BCUT2D eigenvalue weighted by molar-refractivity contribution is 0.249. The zero-order valence-electron chi connectivity index (χ0n) is 16.9. The number of amides is 2. The predicted octanol–water partition coefficient (Wildman–Crippen LogP) is 3.41. The summed E-state index contributed by atoms with van der Waals surface area (Å²) in [5.41, 5.74) is 14.9. The molecule has 6 N–H and O–H groups in total. The summed E-state index contributed by atoms with van der Waals surface area (Å²) >= 11 is 0. The minimum Gasteiger partial charge on any atom is -0.398 e. The molecule has 0 aliphatic rings. The molecule has 0 bridgehead atoms. The summed E-state index contributed by atoms with van der Waals surface area (Å²) in [6, 6.07) is 16.1. The lowest BCUT2D eigenvalue weighted by Crippen LogP contribution is -2.31. The molecule has 0 fully saturated rings. The number of nitrogens with one attached hydrogen (secondary N) is 2. The average Bonchev–Trinajstić information content (AvgIpc) is 2.74. The van der Waals surface area contributed by atoms with E-state index in [-0.39, 0.29) is 24.0 Å². The van der Waals surface area contributed by atoms with E-state index in [0.717, 1.165) is 11.3 Å². The van der Waals surface area contributed by atoms with E-state index in [2.05, 4.69) is 25.6 Å². The first-order chi connectivity index (χ1) is 14.4. The number of benzene rings is 1. The number of pyridine rings is 2. The molecule has 3 rings (SSSR count). The molecule has 0 radical (unpaired) electrons. The van der Waals surface area contributed by atoms with E-state index in [1.54, 1.807) is 12.3 Å². The highest BCUT2D eigenvalue weighted by atomic mass is 16.2.